The van der Waals surface area contributed by atoms with Gasteiger partial charge in [-0.1, -0.05) is 30.0 Å². The van der Waals surface area contributed by atoms with E-state index in [0.29, 0.717) is 17.5 Å². The molecule has 0 saturated carbocycles. The number of nitrogens with one attached hydrogen (secondary N) is 1. The Morgan fingerprint density at radius 1 is 1.03 bits per heavy atom. The third-order valence-corrected chi connectivity index (χ3v) is 7.99. The van der Waals surface area contributed by atoms with Gasteiger partial charge in [0.15, 0.2) is 11.0 Å². The van der Waals surface area contributed by atoms with Crippen LogP contribution in [0, 0.1) is 20.8 Å². The van der Waals surface area contributed by atoms with Gasteiger partial charge in [0.25, 0.3) is 0 Å². The summed E-state index contributed by atoms with van der Waals surface area (Å²) in [6.07, 6.45) is 1.78. The monoisotopic (exact) mass is 555 g/mol. The van der Waals surface area contributed by atoms with Crippen molar-refractivity contribution in [1.82, 2.24) is 19.7 Å². The van der Waals surface area contributed by atoms with E-state index in [1.807, 2.05) is 60.9 Å². The zero-order valence-corrected chi connectivity index (χ0v) is 23.7. The number of ether oxygens (including phenoxy) is 1. The molecule has 0 spiro atoms. The normalized spacial score (nSPS) is 11.1. The van der Waals surface area contributed by atoms with Crippen LogP contribution in [0.25, 0.3) is 20.8 Å². The highest BCUT2D eigenvalue weighted by atomic mass is 32.2. The molecule has 0 aliphatic carbocycles. The third-order valence-electron chi connectivity index (χ3n) is 5.96. The lowest BCUT2D eigenvalue weighted by Gasteiger charge is -2.10. The molecule has 2 aromatic heterocycles. The van der Waals surface area contributed by atoms with E-state index in [-0.39, 0.29) is 18.3 Å². The van der Waals surface area contributed by atoms with Crippen LogP contribution in [0.2, 0.25) is 0 Å². The van der Waals surface area contributed by atoms with Crippen molar-refractivity contribution in [3.63, 3.8) is 0 Å². The fraction of sp³-hybridized carbons (Fsp3) is 0.200. The van der Waals surface area contributed by atoms with Crippen LogP contribution in [0.3, 0.4) is 0 Å². The number of thioether (sulfide) groups is 1. The van der Waals surface area contributed by atoms with E-state index in [4.69, 9.17) is 9.72 Å². The van der Waals surface area contributed by atoms with Crippen LogP contribution in [-0.2, 0) is 17.9 Å². The molecule has 198 valence electrons. The number of amides is 1. The van der Waals surface area contributed by atoms with Crippen molar-refractivity contribution in [3.05, 3.63) is 95.8 Å². The first-order valence-electron chi connectivity index (χ1n) is 12.5. The maximum Gasteiger partial charge on any atom is 0.234 e. The summed E-state index contributed by atoms with van der Waals surface area (Å²) < 4.78 is 9.06. The Kier molecular flexibility index (Phi) is 8.09. The van der Waals surface area contributed by atoms with Gasteiger partial charge in [0.2, 0.25) is 5.91 Å². The van der Waals surface area contributed by atoms with Crippen LogP contribution in [0.4, 0.5) is 5.69 Å². The van der Waals surface area contributed by atoms with Crippen LogP contribution >= 0.6 is 23.1 Å². The average Bonchev–Trinajstić information content (AvgIpc) is 3.50. The number of allylic oxidation sites excluding steroid dienone is 1. The molecule has 0 aliphatic rings. The number of rotatable bonds is 10. The number of nitrogens with zero attached hydrogens (tertiary/aromatic N) is 4. The van der Waals surface area contributed by atoms with Crippen LogP contribution in [0.5, 0.6) is 5.75 Å². The zero-order valence-electron chi connectivity index (χ0n) is 22.1. The fourth-order valence-corrected chi connectivity index (χ4v) is 6.02. The molecule has 7 nitrogen and oxygen atoms in total. The van der Waals surface area contributed by atoms with E-state index < -0.39 is 0 Å². The maximum atomic E-state index is 12.7. The SMILES string of the molecule is C=CCn1c(COc2cc(C)cc(C)c2)nnc1SCC(=O)Nc1ccc(-c2nc3ccc(C)cc3s2)cc1. The van der Waals surface area contributed by atoms with E-state index in [9.17, 15) is 4.79 Å². The molecule has 1 N–H and O–H groups in total. The van der Waals surface area contributed by atoms with Gasteiger partial charge >= 0.3 is 0 Å². The number of aryl methyl sites for hydroxylation is 3. The first-order chi connectivity index (χ1) is 18.9. The number of anilines is 1. The van der Waals surface area contributed by atoms with Gasteiger partial charge in [-0.3, -0.25) is 9.36 Å². The number of benzene rings is 3. The second-order valence-corrected chi connectivity index (χ2v) is 11.3. The number of aromatic nitrogens is 4. The van der Waals surface area contributed by atoms with E-state index in [0.717, 1.165) is 38.7 Å². The van der Waals surface area contributed by atoms with E-state index >= 15 is 0 Å². The van der Waals surface area contributed by atoms with Gasteiger partial charge in [0.1, 0.15) is 17.4 Å². The molecule has 2 heterocycles. The minimum atomic E-state index is -0.121. The van der Waals surface area contributed by atoms with Gasteiger partial charge in [0, 0.05) is 17.8 Å². The molecule has 0 bridgehead atoms. The lowest BCUT2D eigenvalue weighted by molar-refractivity contribution is -0.113. The molecule has 9 heteroatoms. The standard InChI is InChI=1S/C30H29N5O2S2/c1-5-12-35-27(17-37-24-14-20(3)13-21(4)15-24)33-34-30(35)38-18-28(36)31-23-9-7-22(8-10-23)29-32-25-11-6-19(2)16-26(25)39-29/h5-11,13-16H,1,12,17-18H2,2-4H3,(H,31,36). The van der Waals surface area contributed by atoms with Crippen LogP contribution < -0.4 is 10.1 Å². The molecule has 1 amide bonds. The molecule has 0 atom stereocenters. The third kappa shape index (κ3) is 6.55. The molecule has 0 aliphatic heterocycles. The quantitative estimate of drug-likeness (QED) is 0.148. The van der Waals surface area contributed by atoms with Crippen LogP contribution in [0.15, 0.2) is 78.5 Å². The Balaban J connectivity index is 1.19. The Hall–Kier alpha value is -3.95. The highest BCUT2D eigenvalue weighted by Gasteiger charge is 2.15. The molecule has 3 aromatic carbocycles. The van der Waals surface area contributed by atoms with Crippen molar-refractivity contribution in [3.8, 4) is 16.3 Å². The summed E-state index contributed by atoms with van der Waals surface area (Å²) in [7, 11) is 0. The average molecular weight is 556 g/mol. The maximum absolute atomic E-state index is 12.7. The topological polar surface area (TPSA) is 81.9 Å². The summed E-state index contributed by atoms with van der Waals surface area (Å²) in [4.78, 5) is 17.4. The van der Waals surface area contributed by atoms with E-state index in [1.54, 1.807) is 17.4 Å². The second-order valence-electron chi connectivity index (χ2n) is 9.31. The highest BCUT2D eigenvalue weighted by molar-refractivity contribution is 7.99. The van der Waals surface area contributed by atoms with Gasteiger partial charge in [-0.2, -0.15) is 0 Å². The summed E-state index contributed by atoms with van der Waals surface area (Å²) in [5.41, 5.74) is 6.26. The Bertz CT molecular complexity index is 1620. The molecular formula is C30H29N5O2S2. The number of fused-ring (bicyclic) bond motifs is 1. The first-order valence-corrected chi connectivity index (χ1v) is 14.3. The predicted molar refractivity (Wildman–Crippen MR) is 160 cm³/mol. The molecule has 39 heavy (non-hydrogen) atoms. The van der Waals surface area contributed by atoms with E-state index in [2.05, 4.69) is 47.2 Å². The Labute approximate surface area is 236 Å². The molecule has 5 aromatic rings. The Morgan fingerprint density at radius 3 is 2.54 bits per heavy atom. The van der Waals surface area contributed by atoms with Crippen LogP contribution in [0.1, 0.15) is 22.5 Å². The predicted octanol–water partition coefficient (Wildman–Crippen LogP) is 6.98. The second kappa shape index (κ2) is 11.8. The lowest BCUT2D eigenvalue weighted by Crippen LogP contribution is -2.15. The van der Waals surface area contributed by atoms with Gasteiger partial charge in [0.05, 0.1) is 16.0 Å². The molecule has 0 fully saturated rings. The largest absolute Gasteiger partial charge is 0.486 e. The summed E-state index contributed by atoms with van der Waals surface area (Å²) in [5, 5.41) is 13.2. The first kappa shape index (κ1) is 26.6. The molecule has 0 radical (unpaired) electrons. The van der Waals surface area contributed by atoms with Gasteiger partial charge in [-0.05, 0) is 86.0 Å². The number of thiazole rings is 1. The summed E-state index contributed by atoms with van der Waals surface area (Å²) >= 11 is 3.00. The van der Waals surface area contributed by atoms with E-state index in [1.165, 1.54) is 22.0 Å². The van der Waals surface area contributed by atoms with Gasteiger partial charge in [-0.25, -0.2) is 4.98 Å². The number of carbonyl (C=O) groups is 1. The summed E-state index contributed by atoms with van der Waals surface area (Å²) in [6, 6.07) is 20.1. The number of hydrogen-bond acceptors (Lipinski definition) is 7. The molecule has 0 saturated heterocycles. The van der Waals surface area contributed by atoms with Gasteiger partial charge < -0.3 is 10.1 Å². The fourth-order valence-electron chi connectivity index (χ4n) is 4.19. The van der Waals surface area contributed by atoms with Crippen LogP contribution in [-0.4, -0.2) is 31.4 Å². The summed E-state index contributed by atoms with van der Waals surface area (Å²) in [5.74, 6) is 1.55. The number of carbonyl (C=O) groups excluding carboxylic acids is 1. The smallest absolute Gasteiger partial charge is 0.234 e. The van der Waals surface area contributed by atoms with Crippen molar-refractivity contribution in [2.24, 2.45) is 0 Å². The zero-order chi connectivity index (χ0) is 27.4. The minimum absolute atomic E-state index is 0.121. The van der Waals surface area contributed by atoms with Gasteiger partial charge in [-0.15, -0.1) is 28.1 Å². The van der Waals surface area contributed by atoms with Crippen molar-refractivity contribution >= 4 is 44.9 Å². The number of hydrogen-bond donors (Lipinski definition) is 1. The highest BCUT2D eigenvalue weighted by Crippen LogP contribution is 2.31. The van der Waals surface area contributed by atoms with Crippen molar-refractivity contribution < 1.29 is 9.53 Å². The molecular weight excluding hydrogens is 526 g/mol. The molecule has 5 rings (SSSR count). The summed E-state index contributed by atoms with van der Waals surface area (Å²) in [6.45, 7) is 10.8. The minimum Gasteiger partial charge on any atom is -0.486 e. The van der Waals surface area contributed by atoms with Crippen molar-refractivity contribution in [2.45, 2.75) is 39.1 Å². The van der Waals surface area contributed by atoms with Crippen molar-refractivity contribution in [1.29, 1.82) is 0 Å². The van der Waals surface area contributed by atoms with Crippen molar-refractivity contribution in [2.75, 3.05) is 11.1 Å². The molecule has 0 unspecified atom stereocenters. The Morgan fingerprint density at radius 2 is 1.79 bits per heavy atom. The lowest BCUT2D eigenvalue weighted by atomic mass is 10.1.